The van der Waals surface area contributed by atoms with Crippen molar-refractivity contribution in [3.63, 3.8) is 0 Å². The van der Waals surface area contributed by atoms with Gasteiger partial charge in [0.1, 0.15) is 0 Å². The second-order valence-corrected chi connectivity index (χ2v) is 4.49. The molecule has 0 atom stereocenters. The van der Waals surface area contributed by atoms with E-state index < -0.39 is 39.1 Å². The molecule has 9 heteroatoms. The molecule has 0 aliphatic carbocycles. The van der Waals surface area contributed by atoms with Crippen LogP contribution in [0.4, 0.5) is 8.78 Å². The average Bonchev–Trinajstić information content (AvgIpc) is 2.21. The molecule has 0 saturated heterocycles. The molecular formula is C8H7F2NO5S. The minimum atomic E-state index is -4.24. The first-order valence-electron chi connectivity index (χ1n) is 4.13. The Balaban J connectivity index is 2.82. The number of carboxylic acids is 1. The van der Waals surface area contributed by atoms with E-state index in [1.165, 1.54) is 4.89 Å². The minimum Gasteiger partial charge on any atom is -0.479 e. The van der Waals surface area contributed by atoms with Crippen LogP contribution in [0.1, 0.15) is 0 Å². The smallest absolute Gasteiger partial charge is 0.331 e. The van der Waals surface area contributed by atoms with Gasteiger partial charge in [0.05, 0.1) is 4.90 Å². The maximum atomic E-state index is 12.8. The highest BCUT2D eigenvalue weighted by Gasteiger charge is 2.17. The van der Waals surface area contributed by atoms with Crippen molar-refractivity contribution in [1.82, 2.24) is 4.89 Å². The lowest BCUT2D eigenvalue weighted by molar-refractivity contribution is -0.143. The number of carboxylic acid groups (broad SMARTS) is 1. The topological polar surface area (TPSA) is 92.7 Å². The van der Waals surface area contributed by atoms with E-state index in [1.54, 1.807) is 0 Å². The van der Waals surface area contributed by atoms with Gasteiger partial charge in [-0.1, -0.05) is 4.89 Å². The third-order valence-corrected chi connectivity index (χ3v) is 2.78. The Morgan fingerprint density at radius 1 is 1.35 bits per heavy atom. The summed E-state index contributed by atoms with van der Waals surface area (Å²) in [5, 5.41) is 8.19. The number of aliphatic carboxylic acids is 1. The van der Waals surface area contributed by atoms with Crippen LogP contribution < -0.4 is 4.89 Å². The molecule has 17 heavy (non-hydrogen) atoms. The molecule has 1 aromatic carbocycles. The summed E-state index contributed by atoms with van der Waals surface area (Å²) >= 11 is 0. The Bertz CT molecular complexity index is 531. The standard InChI is InChI=1S/C8H7F2NO5S/c9-6-2-1-5(3-7(6)10)17(14,15)11-16-4-8(12)13/h1-3,11H,4H2,(H,12,13). The molecular weight excluding hydrogens is 260 g/mol. The van der Waals surface area contributed by atoms with Gasteiger partial charge in [0.25, 0.3) is 10.0 Å². The number of hydrogen-bond donors (Lipinski definition) is 2. The molecule has 0 unspecified atom stereocenters. The molecule has 0 radical (unpaired) electrons. The van der Waals surface area contributed by atoms with Crippen molar-refractivity contribution in [2.75, 3.05) is 6.61 Å². The number of nitrogens with one attached hydrogen (secondary N) is 1. The maximum Gasteiger partial charge on any atom is 0.331 e. The first-order valence-corrected chi connectivity index (χ1v) is 5.61. The zero-order valence-electron chi connectivity index (χ0n) is 8.18. The summed E-state index contributed by atoms with van der Waals surface area (Å²) in [7, 11) is -4.24. The number of rotatable bonds is 5. The van der Waals surface area contributed by atoms with Gasteiger partial charge in [0, 0.05) is 0 Å². The van der Waals surface area contributed by atoms with Crippen LogP contribution in [-0.4, -0.2) is 26.1 Å². The molecule has 6 nitrogen and oxygen atoms in total. The average molecular weight is 267 g/mol. The molecule has 0 fully saturated rings. The molecule has 0 aliphatic heterocycles. The first-order chi connectivity index (χ1) is 7.83. The Labute approximate surface area is 94.8 Å². The van der Waals surface area contributed by atoms with Gasteiger partial charge in [-0.05, 0) is 18.2 Å². The summed E-state index contributed by atoms with van der Waals surface area (Å²) in [6.07, 6.45) is 0. The molecule has 0 amide bonds. The van der Waals surface area contributed by atoms with Gasteiger partial charge < -0.3 is 5.11 Å². The van der Waals surface area contributed by atoms with Crippen molar-refractivity contribution in [2.24, 2.45) is 0 Å². The van der Waals surface area contributed by atoms with Gasteiger partial charge in [-0.3, -0.25) is 4.84 Å². The predicted molar refractivity (Wildman–Crippen MR) is 50.3 cm³/mol. The molecule has 0 aromatic heterocycles. The number of benzene rings is 1. The molecule has 1 aromatic rings. The fourth-order valence-electron chi connectivity index (χ4n) is 0.861. The van der Waals surface area contributed by atoms with E-state index in [4.69, 9.17) is 5.11 Å². The van der Waals surface area contributed by atoms with Gasteiger partial charge in [-0.25, -0.2) is 22.0 Å². The van der Waals surface area contributed by atoms with Gasteiger partial charge in [-0.15, -0.1) is 0 Å². The molecule has 0 spiro atoms. The fraction of sp³-hybridized carbons (Fsp3) is 0.125. The molecule has 0 bridgehead atoms. The molecule has 2 N–H and O–H groups in total. The van der Waals surface area contributed by atoms with Crippen LogP contribution >= 0.6 is 0 Å². The van der Waals surface area contributed by atoms with Crippen molar-refractivity contribution in [2.45, 2.75) is 4.90 Å². The Hall–Kier alpha value is -1.58. The molecule has 0 heterocycles. The van der Waals surface area contributed by atoms with Crippen LogP contribution in [-0.2, 0) is 19.7 Å². The zero-order chi connectivity index (χ0) is 13.1. The second-order valence-electron chi connectivity index (χ2n) is 2.85. The summed E-state index contributed by atoms with van der Waals surface area (Å²) in [5.41, 5.74) is 0. The van der Waals surface area contributed by atoms with Crippen molar-refractivity contribution in [3.05, 3.63) is 29.8 Å². The van der Waals surface area contributed by atoms with E-state index in [1.807, 2.05) is 0 Å². The summed E-state index contributed by atoms with van der Waals surface area (Å²) < 4.78 is 48.0. The summed E-state index contributed by atoms with van der Waals surface area (Å²) in [5.74, 6) is -3.93. The van der Waals surface area contributed by atoms with Crippen LogP contribution in [0.2, 0.25) is 0 Å². The number of hydrogen-bond acceptors (Lipinski definition) is 4. The quantitative estimate of drug-likeness (QED) is 0.746. The molecule has 1 rings (SSSR count). The summed E-state index contributed by atoms with van der Waals surface area (Å²) in [6.45, 7) is -0.900. The normalized spacial score (nSPS) is 11.4. The summed E-state index contributed by atoms with van der Waals surface area (Å²) in [4.78, 5) is 15.1. The van der Waals surface area contributed by atoms with E-state index >= 15 is 0 Å². The van der Waals surface area contributed by atoms with Crippen LogP contribution in [0.3, 0.4) is 0 Å². The van der Waals surface area contributed by atoms with Crippen LogP contribution in [0.15, 0.2) is 23.1 Å². The first kappa shape index (κ1) is 13.5. The van der Waals surface area contributed by atoms with E-state index in [9.17, 15) is 22.0 Å². The number of carbonyl (C=O) groups is 1. The third kappa shape index (κ3) is 3.73. The number of sulfonamides is 1. The van der Waals surface area contributed by atoms with Crippen LogP contribution in [0, 0.1) is 11.6 Å². The zero-order valence-corrected chi connectivity index (χ0v) is 9.00. The van der Waals surface area contributed by atoms with Gasteiger partial charge in [0.15, 0.2) is 18.2 Å². The van der Waals surface area contributed by atoms with Gasteiger partial charge >= 0.3 is 5.97 Å². The van der Waals surface area contributed by atoms with E-state index in [2.05, 4.69) is 4.84 Å². The van der Waals surface area contributed by atoms with E-state index in [-0.39, 0.29) is 0 Å². The Morgan fingerprint density at radius 3 is 2.53 bits per heavy atom. The highest BCUT2D eigenvalue weighted by Crippen LogP contribution is 2.13. The van der Waals surface area contributed by atoms with E-state index in [0.29, 0.717) is 12.1 Å². The lowest BCUT2D eigenvalue weighted by Crippen LogP contribution is -2.27. The van der Waals surface area contributed by atoms with Crippen LogP contribution in [0.5, 0.6) is 0 Å². The molecule has 0 aliphatic rings. The monoisotopic (exact) mass is 267 g/mol. The molecule has 0 saturated carbocycles. The Morgan fingerprint density at radius 2 is 2.00 bits per heavy atom. The lowest BCUT2D eigenvalue weighted by Gasteiger charge is -2.05. The molecule has 94 valence electrons. The van der Waals surface area contributed by atoms with Gasteiger partial charge in [-0.2, -0.15) is 0 Å². The highest BCUT2D eigenvalue weighted by atomic mass is 32.2. The predicted octanol–water partition coefficient (Wildman–Crippen LogP) is 0.259. The van der Waals surface area contributed by atoms with E-state index in [0.717, 1.165) is 6.07 Å². The second kappa shape index (κ2) is 5.17. The van der Waals surface area contributed by atoms with Crippen molar-refractivity contribution >= 4 is 16.0 Å². The highest BCUT2D eigenvalue weighted by molar-refractivity contribution is 7.89. The van der Waals surface area contributed by atoms with Crippen molar-refractivity contribution in [3.8, 4) is 0 Å². The van der Waals surface area contributed by atoms with Crippen molar-refractivity contribution < 1.29 is 31.9 Å². The third-order valence-electron chi connectivity index (χ3n) is 1.57. The van der Waals surface area contributed by atoms with Crippen LogP contribution in [0.25, 0.3) is 0 Å². The SMILES string of the molecule is O=C(O)CONS(=O)(=O)c1ccc(F)c(F)c1. The lowest BCUT2D eigenvalue weighted by atomic mass is 10.3. The fourth-order valence-corrected chi connectivity index (χ4v) is 1.68. The summed E-state index contributed by atoms with van der Waals surface area (Å²) in [6, 6.07) is 1.88. The van der Waals surface area contributed by atoms with Crippen molar-refractivity contribution in [1.29, 1.82) is 0 Å². The Kier molecular flexibility index (Phi) is 4.10. The minimum absolute atomic E-state index is 0.446. The largest absolute Gasteiger partial charge is 0.479 e. The van der Waals surface area contributed by atoms with Gasteiger partial charge in [0.2, 0.25) is 0 Å². The number of halogens is 2. The maximum absolute atomic E-state index is 12.8.